The lowest BCUT2D eigenvalue weighted by Gasteiger charge is -2.27. The normalized spacial score (nSPS) is 11.8. The van der Waals surface area contributed by atoms with Crippen LogP contribution in [0.1, 0.15) is 0 Å². The second-order valence-corrected chi connectivity index (χ2v) is 16.9. The smallest absolute Gasteiger partial charge is 0.0619 e. The quantitative estimate of drug-likeness (QED) is 0.146. The van der Waals surface area contributed by atoms with E-state index >= 15 is 0 Å². The largest absolute Gasteiger partial charge is 0.310 e. The summed E-state index contributed by atoms with van der Waals surface area (Å²) in [5, 5.41) is 8.93. The van der Waals surface area contributed by atoms with Gasteiger partial charge in [0.2, 0.25) is 0 Å². The Morgan fingerprint density at radius 3 is 1.64 bits per heavy atom. The molecular formula is C62H40N2. The maximum atomic E-state index is 2.43. The predicted molar refractivity (Wildman–Crippen MR) is 271 cm³/mol. The number of benzene rings is 11. The van der Waals surface area contributed by atoms with Crippen molar-refractivity contribution >= 4 is 60.3 Å². The van der Waals surface area contributed by atoms with Crippen molar-refractivity contribution in [2.24, 2.45) is 0 Å². The summed E-state index contributed by atoms with van der Waals surface area (Å²) in [5.74, 6) is 0. The molecule has 0 fully saturated rings. The number of nitrogens with zero attached hydrogens (tertiary/aromatic N) is 2. The lowest BCUT2D eigenvalue weighted by Crippen LogP contribution is -2.10. The first-order chi connectivity index (χ1) is 31.7. The number of aromatic nitrogens is 1. The molecule has 0 spiro atoms. The van der Waals surface area contributed by atoms with Gasteiger partial charge in [-0.15, -0.1) is 0 Å². The van der Waals surface area contributed by atoms with Gasteiger partial charge in [-0.3, -0.25) is 0 Å². The van der Waals surface area contributed by atoms with Gasteiger partial charge in [-0.2, -0.15) is 0 Å². The summed E-state index contributed by atoms with van der Waals surface area (Å²) < 4.78 is 2.43. The van der Waals surface area contributed by atoms with Crippen molar-refractivity contribution in [2.75, 3.05) is 4.90 Å². The van der Waals surface area contributed by atoms with Gasteiger partial charge in [0.05, 0.1) is 11.2 Å². The van der Waals surface area contributed by atoms with E-state index < -0.39 is 0 Å². The standard InChI is InChI=1S/C62H40N2/c1-3-14-44(15-4-1)61-57-21-9-10-24-59(57)64(48-18-5-2-6-19-48)62(61)45-29-34-50(35-30-45)63(51-36-38-54-55-22-11-16-43-17-12-23-56(60(43)55)58(54)40-51)49-32-27-41(28-33-49)46-31-37-53-47(39-46)26-25-42-13-7-8-20-52(42)53/h1-40H. The molecule has 2 heteroatoms. The predicted octanol–water partition coefficient (Wildman–Crippen LogP) is 17.2. The van der Waals surface area contributed by atoms with E-state index in [0.29, 0.717) is 0 Å². The fourth-order valence-electron chi connectivity index (χ4n) is 10.4. The third-order valence-corrected chi connectivity index (χ3v) is 13.3. The van der Waals surface area contributed by atoms with Crippen LogP contribution < -0.4 is 4.90 Å². The molecule has 0 atom stereocenters. The lowest BCUT2D eigenvalue weighted by atomic mass is 9.97. The number of para-hydroxylation sites is 2. The minimum absolute atomic E-state index is 1.09. The lowest BCUT2D eigenvalue weighted by molar-refractivity contribution is 1.13. The first-order valence-corrected chi connectivity index (χ1v) is 22.1. The molecule has 1 aliphatic rings. The Balaban J connectivity index is 0.961. The summed E-state index contributed by atoms with van der Waals surface area (Å²) >= 11 is 0. The molecule has 0 unspecified atom stereocenters. The molecule has 0 radical (unpaired) electrons. The number of hydrogen-bond donors (Lipinski definition) is 0. The molecule has 0 saturated heterocycles. The molecule has 2 nitrogen and oxygen atoms in total. The Bertz CT molecular complexity index is 3670. The maximum absolute atomic E-state index is 2.43. The zero-order chi connectivity index (χ0) is 42.1. The Labute approximate surface area is 372 Å². The van der Waals surface area contributed by atoms with E-state index in [4.69, 9.17) is 0 Å². The van der Waals surface area contributed by atoms with Crippen molar-refractivity contribution in [2.45, 2.75) is 0 Å². The van der Waals surface area contributed by atoms with E-state index in [1.165, 1.54) is 93.4 Å². The van der Waals surface area contributed by atoms with Crippen LogP contribution in [0.25, 0.3) is 105 Å². The average Bonchev–Trinajstić information content (AvgIpc) is 3.89. The van der Waals surface area contributed by atoms with Gasteiger partial charge in [0.25, 0.3) is 0 Å². The zero-order valence-corrected chi connectivity index (χ0v) is 35.0. The molecule has 0 saturated carbocycles. The molecule has 13 rings (SSSR count). The van der Waals surface area contributed by atoms with Crippen LogP contribution in [-0.4, -0.2) is 4.57 Å². The molecule has 11 aromatic carbocycles. The SMILES string of the molecule is c1ccc(-c2c(-c3ccc(N(c4ccc(-c5ccc6c(ccc7ccccc76)c5)cc4)c4ccc5c(c4)-c4cccc6cccc-5c46)cc3)n(-c3ccccc3)c3ccccc23)cc1. The van der Waals surface area contributed by atoms with Gasteiger partial charge in [0.15, 0.2) is 0 Å². The van der Waals surface area contributed by atoms with Crippen LogP contribution in [-0.2, 0) is 0 Å². The van der Waals surface area contributed by atoms with Gasteiger partial charge in [0.1, 0.15) is 0 Å². The highest BCUT2D eigenvalue weighted by Gasteiger charge is 2.25. The van der Waals surface area contributed by atoms with E-state index in [0.717, 1.165) is 28.3 Å². The highest BCUT2D eigenvalue weighted by atomic mass is 15.1. The fourth-order valence-corrected chi connectivity index (χ4v) is 10.4. The fraction of sp³-hybridized carbons (Fsp3) is 0. The van der Waals surface area contributed by atoms with Crippen LogP contribution in [0.5, 0.6) is 0 Å². The van der Waals surface area contributed by atoms with Crippen LogP contribution >= 0.6 is 0 Å². The van der Waals surface area contributed by atoms with E-state index in [2.05, 4.69) is 252 Å². The van der Waals surface area contributed by atoms with Crippen LogP contribution in [0, 0.1) is 0 Å². The number of anilines is 3. The zero-order valence-electron chi connectivity index (χ0n) is 35.0. The highest BCUT2D eigenvalue weighted by molar-refractivity contribution is 6.16. The summed E-state index contributed by atoms with van der Waals surface area (Å²) in [7, 11) is 0. The average molecular weight is 813 g/mol. The van der Waals surface area contributed by atoms with Crippen LogP contribution in [0.2, 0.25) is 0 Å². The topological polar surface area (TPSA) is 8.17 Å². The van der Waals surface area contributed by atoms with Crippen LogP contribution in [0.3, 0.4) is 0 Å². The Hall–Kier alpha value is -8.46. The van der Waals surface area contributed by atoms with Gasteiger partial charge in [-0.1, -0.05) is 182 Å². The van der Waals surface area contributed by atoms with Gasteiger partial charge in [-0.05, 0) is 137 Å². The number of hydrogen-bond acceptors (Lipinski definition) is 1. The molecule has 0 bridgehead atoms. The maximum Gasteiger partial charge on any atom is 0.0619 e. The summed E-state index contributed by atoms with van der Waals surface area (Å²) in [6, 6.07) is 89.0. The van der Waals surface area contributed by atoms with Gasteiger partial charge < -0.3 is 9.47 Å². The second kappa shape index (κ2) is 14.6. The molecule has 12 aromatic rings. The summed E-state index contributed by atoms with van der Waals surface area (Å²) in [6.45, 7) is 0. The third-order valence-electron chi connectivity index (χ3n) is 13.3. The molecule has 1 aliphatic carbocycles. The minimum Gasteiger partial charge on any atom is -0.310 e. The number of fused-ring (bicyclic) bond motifs is 7. The third kappa shape index (κ3) is 5.73. The summed E-state index contributed by atoms with van der Waals surface area (Å²) in [4.78, 5) is 2.41. The van der Waals surface area contributed by atoms with Crippen molar-refractivity contribution in [3.05, 3.63) is 243 Å². The minimum atomic E-state index is 1.09. The first-order valence-electron chi connectivity index (χ1n) is 22.1. The van der Waals surface area contributed by atoms with E-state index in [1.54, 1.807) is 0 Å². The Morgan fingerprint density at radius 2 is 0.875 bits per heavy atom. The summed E-state index contributed by atoms with van der Waals surface area (Å²) in [6.07, 6.45) is 0. The van der Waals surface area contributed by atoms with Gasteiger partial charge >= 0.3 is 0 Å². The van der Waals surface area contributed by atoms with Crippen LogP contribution in [0.15, 0.2) is 243 Å². The van der Waals surface area contributed by atoms with E-state index in [9.17, 15) is 0 Å². The number of rotatable bonds is 7. The van der Waals surface area contributed by atoms with Crippen molar-refractivity contribution in [3.8, 4) is 61.5 Å². The van der Waals surface area contributed by atoms with Gasteiger partial charge in [0, 0.05) is 33.7 Å². The molecule has 1 aromatic heterocycles. The van der Waals surface area contributed by atoms with Crippen molar-refractivity contribution in [1.29, 1.82) is 0 Å². The molecule has 0 amide bonds. The summed E-state index contributed by atoms with van der Waals surface area (Å²) in [5.41, 5.74) is 17.9. The molecule has 0 aliphatic heterocycles. The molecular weight excluding hydrogens is 773 g/mol. The Kier molecular flexibility index (Phi) is 8.25. The van der Waals surface area contributed by atoms with Crippen LogP contribution in [0.4, 0.5) is 17.1 Å². The molecule has 64 heavy (non-hydrogen) atoms. The van der Waals surface area contributed by atoms with E-state index in [1.807, 2.05) is 0 Å². The molecule has 1 heterocycles. The molecule has 298 valence electrons. The second-order valence-electron chi connectivity index (χ2n) is 16.9. The van der Waals surface area contributed by atoms with E-state index in [-0.39, 0.29) is 0 Å². The first kappa shape index (κ1) is 36.2. The molecule has 0 N–H and O–H groups in total. The highest BCUT2D eigenvalue weighted by Crippen LogP contribution is 2.50. The monoisotopic (exact) mass is 812 g/mol. The Morgan fingerprint density at radius 1 is 0.297 bits per heavy atom. The van der Waals surface area contributed by atoms with Crippen molar-refractivity contribution < 1.29 is 0 Å². The van der Waals surface area contributed by atoms with Crippen molar-refractivity contribution in [1.82, 2.24) is 4.57 Å². The van der Waals surface area contributed by atoms with Crippen molar-refractivity contribution in [3.63, 3.8) is 0 Å². The van der Waals surface area contributed by atoms with Gasteiger partial charge in [-0.25, -0.2) is 0 Å².